The second kappa shape index (κ2) is 8.42. The Morgan fingerprint density at radius 2 is 1.06 bits per heavy atom. The van der Waals surface area contributed by atoms with Crippen LogP contribution >= 0.6 is 0 Å². The molecule has 0 unspecified atom stereocenters. The third kappa shape index (κ3) is 4.10. The summed E-state index contributed by atoms with van der Waals surface area (Å²) in [5, 5.41) is 37.4. The van der Waals surface area contributed by atoms with Crippen molar-refractivity contribution < 1.29 is 49.1 Å². The maximum absolute atomic E-state index is 11.5. The smallest absolute Gasteiger partial charge is 0.325 e. The Morgan fingerprint density at radius 3 is 1.41 bits per heavy atom. The molecule has 10 heteroatoms. The van der Waals surface area contributed by atoms with Gasteiger partial charge >= 0.3 is 23.9 Å². The van der Waals surface area contributed by atoms with Crippen LogP contribution < -0.4 is 9.47 Å². The summed E-state index contributed by atoms with van der Waals surface area (Å²) in [5.41, 5.74) is -4.29. The van der Waals surface area contributed by atoms with Crippen LogP contribution in [0.5, 0.6) is 11.5 Å². The monoisotopic (exact) mass is 442 g/mol. The zero-order valence-electron chi connectivity index (χ0n) is 16.4. The maximum atomic E-state index is 11.5. The summed E-state index contributed by atoms with van der Waals surface area (Å²) >= 11 is 0. The number of aliphatic carboxylic acids is 4. The standard InChI is InChI=1S/C22H18O10/c23-17(24)21(18(25)26)8-2-6-15(11-21)31-13-4-1-5-14(10-13)32-16-7-3-9-22(12-16,19(27)28)20(29)30/h1-10H,11-12H2,(H,23,24)(H,25,26)(H,27,28)(H,29,30). The van der Waals surface area contributed by atoms with E-state index in [0.29, 0.717) is 0 Å². The van der Waals surface area contributed by atoms with E-state index in [9.17, 15) is 39.6 Å². The van der Waals surface area contributed by atoms with Crippen molar-refractivity contribution in [3.05, 3.63) is 72.2 Å². The topological polar surface area (TPSA) is 168 Å². The molecule has 0 saturated heterocycles. The Morgan fingerprint density at radius 1 is 0.688 bits per heavy atom. The van der Waals surface area contributed by atoms with Crippen molar-refractivity contribution in [3.63, 3.8) is 0 Å². The third-order valence-corrected chi connectivity index (χ3v) is 5.06. The van der Waals surface area contributed by atoms with Crippen LogP contribution in [0.3, 0.4) is 0 Å². The van der Waals surface area contributed by atoms with Gasteiger partial charge in [-0.05, 0) is 24.3 Å². The predicted molar refractivity (Wildman–Crippen MR) is 107 cm³/mol. The molecule has 0 saturated carbocycles. The molecule has 0 fully saturated rings. The first-order chi connectivity index (χ1) is 15.1. The first-order valence-corrected chi connectivity index (χ1v) is 9.25. The van der Waals surface area contributed by atoms with Gasteiger partial charge in [-0.2, -0.15) is 0 Å². The zero-order valence-corrected chi connectivity index (χ0v) is 16.4. The highest BCUT2D eigenvalue weighted by Gasteiger charge is 2.47. The zero-order chi connectivity index (χ0) is 23.5. The van der Waals surface area contributed by atoms with Crippen molar-refractivity contribution in [2.24, 2.45) is 10.8 Å². The van der Waals surface area contributed by atoms with E-state index in [1.54, 1.807) is 6.07 Å². The van der Waals surface area contributed by atoms with Crippen molar-refractivity contribution in [3.8, 4) is 11.5 Å². The van der Waals surface area contributed by atoms with Crippen LogP contribution in [-0.4, -0.2) is 44.3 Å². The summed E-state index contributed by atoms with van der Waals surface area (Å²) in [5.74, 6) is -5.47. The lowest BCUT2D eigenvalue weighted by Gasteiger charge is -2.26. The van der Waals surface area contributed by atoms with E-state index in [0.717, 1.165) is 12.2 Å². The molecule has 32 heavy (non-hydrogen) atoms. The molecule has 0 bridgehead atoms. The van der Waals surface area contributed by atoms with Crippen molar-refractivity contribution in [1.29, 1.82) is 0 Å². The molecule has 1 aromatic carbocycles. The van der Waals surface area contributed by atoms with Crippen LogP contribution in [0.4, 0.5) is 0 Å². The molecule has 2 aliphatic rings. The number of hydrogen-bond donors (Lipinski definition) is 4. The molecule has 0 spiro atoms. The van der Waals surface area contributed by atoms with Crippen molar-refractivity contribution in [1.82, 2.24) is 0 Å². The molecule has 10 nitrogen and oxygen atoms in total. The number of ether oxygens (including phenoxy) is 2. The minimum atomic E-state index is -2.14. The lowest BCUT2D eigenvalue weighted by Crippen LogP contribution is -2.39. The first-order valence-electron chi connectivity index (χ1n) is 9.25. The van der Waals surface area contributed by atoms with Crippen molar-refractivity contribution in [2.75, 3.05) is 0 Å². The van der Waals surface area contributed by atoms with Crippen LogP contribution in [-0.2, 0) is 19.2 Å². The third-order valence-electron chi connectivity index (χ3n) is 5.06. The highest BCUT2D eigenvalue weighted by atomic mass is 16.5. The van der Waals surface area contributed by atoms with E-state index in [1.165, 1.54) is 42.5 Å². The number of allylic oxidation sites excluding steroid dienone is 6. The number of carbonyl (C=O) groups is 4. The molecule has 1 aromatic rings. The number of rotatable bonds is 8. The van der Waals surface area contributed by atoms with E-state index >= 15 is 0 Å². The SMILES string of the molecule is O=C(O)C1(C(=O)O)C=CC=C(Oc2cccc(OC3=CC=CC(C(=O)O)(C(=O)O)C3)c2)C1. The normalized spacial score (nSPS) is 18.1. The maximum Gasteiger partial charge on any atom is 0.325 e. The molecule has 0 amide bonds. The minimum absolute atomic E-state index is 0.102. The van der Waals surface area contributed by atoms with Gasteiger partial charge in [0.15, 0.2) is 10.8 Å². The molecular formula is C22H18O10. The van der Waals surface area contributed by atoms with Crippen LogP contribution in [0.15, 0.2) is 72.2 Å². The van der Waals surface area contributed by atoms with Crippen LogP contribution in [0.2, 0.25) is 0 Å². The fourth-order valence-electron chi connectivity index (χ4n) is 3.24. The Labute approximate surface area is 181 Å². The number of carboxylic acid groups (broad SMARTS) is 4. The van der Waals surface area contributed by atoms with E-state index in [2.05, 4.69) is 0 Å². The molecule has 4 N–H and O–H groups in total. The van der Waals surface area contributed by atoms with Crippen LogP contribution in [0.25, 0.3) is 0 Å². The average molecular weight is 442 g/mol. The van der Waals surface area contributed by atoms with Gasteiger partial charge in [0, 0.05) is 18.9 Å². The van der Waals surface area contributed by atoms with Gasteiger partial charge in [-0.15, -0.1) is 0 Å². The van der Waals surface area contributed by atoms with Crippen molar-refractivity contribution in [2.45, 2.75) is 12.8 Å². The largest absolute Gasteiger partial charge is 0.480 e. The Bertz CT molecular complexity index is 994. The molecular weight excluding hydrogens is 424 g/mol. The Hall–Kier alpha value is -4.34. The molecule has 3 rings (SSSR count). The summed E-state index contributed by atoms with van der Waals surface area (Å²) in [6.07, 6.45) is 6.80. The molecule has 2 aliphatic carbocycles. The van der Waals surface area contributed by atoms with Crippen LogP contribution in [0, 0.1) is 10.8 Å². The summed E-state index contributed by atoms with van der Waals surface area (Å²) in [7, 11) is 0. The second-order valence-corrected chi connectivity index (χ2v) is 7.18. The minimum Gasteiger partial charge on any atom is -0.480 e. The molecule has 0 radical (unpaired) electrons. The van der Waals surface area contributed by atoms with Gasteiger partial charge in [-0.1, -0.05) is 30.4 Å². The van der Waals surface area contributed by atoms with Gasteiger partial charge < -0.3 is 29.9 Å². The summed E-state index contributed by atoms with van der Waals surface area (Å²) in [6, 6.07) is 6.03. The van der Waals surface area contributed by atoms with Crippen molar-refractivity contribution >= 4 is 23.9 Å². The summed E-state index contributed by atoms with van der Waals surface area (Å²) in [4.78, 5) is 46.0. The predicted octanol–water partition coefficient (Wildman–Crippen LogP) is 2.44. The van der Waals surface area contributed by atoms with Gasteiger partial charge in [-0.25, -0.2) is 0 Å². The lowest BCUT2D eigenvalue weighted by molar-refractivity contribution is -0.162. The van der Waals surface area contributed by atoms with E-state index < -0.39 is 47.5 Å². The average Bonchev–Trinajstić information content (AvgIpc) is 2.73. The van der Waals surface area contributed by atoms with Gasteiger partial charge in [0.1, 0.15) is 23.0 Å². The molecule has 0 aromatic heterocycles. The van der Waals surface area contributed by atoms with Crippen LogP contribution in [0.1, 0.15) is 12.8 Å². The van der Waals surface area contributed by atoms with E-state index in [1.807, 2.05) is 0 Å². The highest BCUT2D eigenvalue weighted by molar-refractivity contribution is 6.01. The number of hydrogen-bond acceptors (Lipinski definition) is 6. The molecule has 166 valence electrons. The lowest BCUT2D eigenvalue weighted by atomic mass is 9.81. The van der Waals surface area contributed by atoms with E-state index in [4.69, 9.17) is 9.47 Å². The molecule has 0 atom stereocenters. The second-order valence-electron chi connectivity index (χ2n) is 7.18. The number of carboxylic acids is 4. The fraction of sp³-hybridized carbons (Fsp3) is 0.182. The van der Waals surface area contributed by atoms with Gasteiger partial charge in [0.2, 0.25) is 0 Å². The Balaban J connectivity index is 1.76. The first kappa shape index (κ1) is 22.3. The van der Waals surface area contributed by atoms with Gasteiger partial charge in [-0.3, -0.25) is 19.2 Å². The molecule has 0 aliphatic heterocycles. The van der Waals surface area contributed by atoms with E-state index in [-0.39, 0.29) is 23.0 Å². The highest BCUT2D eigenvalue weighted by Crippen LogP contribution is 2.36. The van der Waals surface area contributed by atoms with Gasteiger partial charge in [0.25, 0.3) is 0 Å². The van der Waals surface area contributed by atoms with Gasteiger partial charge in [0.05, 0.1) is 0 Å². The summed E-state index contributed by atoms with van der Waals surface area (Å²) < 4.78 is 11.3. The fourth-order valence-corrected chi connectivity index (χ4v) is 3.24. The number of benzene rings is 1. The molecule has 0 heterocycles. The Kier molecular flexibility index (Phi) is 5.88. The summed E-state index contributed by atoms with van der Waals surface area (Å²) in [6.45, 7) is 0. The quantitative estimate of drug-likeness (QED) is 0.439.